The van der Waals surface area contributed by atoms with Gasteiger partial charge in [0.25, 0.3) is 0 Å². The van der Waals surface area contributed by atoms with E-state index >= 15 is 0 Å². The molecule has 0 radical (unpaired) electrons. The van der Waals surface area contributed by atoms with Crippen LogP contribution < -0.4 is 5.32 Å². The minimum atomic E-state index is 0.567. The Kier molecular flexibility index (Phi) is 5.34. The highest BCUT2D eigenvalue weighted by Crippen LogP contribution is 2.20. The number of piperidine rings is 1. The van der Waals surface area contributed by atoms with Crippen LogP contribution in [0.4, 0.5) is 0 Å². The summed E-state index contributed by atoms with van der Waals surface area (Å²) in [7, 11) is 2.22. The first kappa shape index (κ1) is 12.7. The molecule has 1 N–H and O–H groups in total. The zero-order valence-corrected chi connectivity index (χ0v) is 10.5. The molecule has 0 aromatic carbocycles. The van der Waals surface area contributed by atoms with Gasteiger partial charge in [0.1, 0.15) is 0 Å². The second kappa shape index (κ2) is 6.29. The lowest BCUT2D eigenvalue weighted by molar-refractivity contribution is 0.185. The van der Waals surface area contributed by atoms with Gasteiger partial charge in [0.2, 0.25) is 0 Å². The molecule has 0 bridgehead atoms. The molecule has 2 heteroatoms. The summed E-state index contributed by atoms with van der Waals surface area (Å²) in [6.07, 6.45) is 5.74. The molecule has 0 aromatic rings. The van der Waals surface area contributed by atoms with Crippen molar-refractivity contribution in [2.75, 3.05) is 20.1 Å². The van der Waals surface area contributed by atoms with Crippen LogP contribution in [0.3, 0.4) is 0 Å². The summed E-state index contributed by atoms with van der Waals surface area (Å²) in [5.74, 6) is 0.855. The maximum atomic E-state index is 3.78. The first-order chi connectivity index (χ1) is 7.13. The predicted octanol–water partition coefficient (Wildman–Crippen LogP) is 2.27. The van der Waals surface area contributed by atoms with Crippen LogP contribution in [-0.2, 0) is 0 Å². The average molecular weight is 210 g/mol. The summed E-state index contributed by atoms with van der Waals surface area (Å²) in [5.41, 5.74) is 0. The maximum Gasteiger partial charge on any atom is 0.00757 e. The molecule has 1 fully saturated rings. The first-order valence-corrected chi connectivity index (χ1v) is 6.19. The zero-order chi connectivity index (χ0) is 11.3. The molecule has 0 aliphatic carbocycles. The van der Waals surface area contributed by atoms with E-state index in [9.17, 15) is 0 Å². The van der Waals surface area contributed by atoms with Crippen molar-refractivity contribution in [3.05, 3.63) is 12.7 Å². The first-order valence-electron chi connectivity index (χ1n) is 6.19. The molecule has 0 spiro atoms. The Hall–Kier alpha value is -0.340. The number of nitrogens with zero attached hydrogens (tertiary/aromatic N) is 1. The van der Waals surface area contributed by atoms with Gasteiger partial charge in [-0.3, -0.25) is 0 Å². The molecule has 1 rings (SSSR count). The standard InChI is InChI=1S/C13H26N2/c1-5-6-11(2)14-12(3)13-7-9-15(4)10-8-13/h5,11-14H,1,6-10H2,2-4H3. The van der Waals surface area contributed by atoms with Crippen molar-refractivity contribution >= 4 is 0 Å². The van der Waals surface area contributed by atoms with E-state index in [1.807, 2.05) is 6.08 Å². The van der Waals surface area contributed by atoms with Crippen LogP contribution in [0.25, 0.3) is 0 Å². The molecule has 2 nitrogen and oxygen atoms in total. The van der Waals surface area contributed by atoms with Crippen molar-refractivity contribution < 1.29 is 0 Å². The molecule has 1 saturated heterocycles. The topological polar surface area (TPSA) is 15.3 Å². The molecular formula is C13H26N2. The lowest BCUT2D eigenvalue weighted by Crippen LogP contribution is -2.43. The SMILES string of the molecule is C=CCC(C)NC(C)C1CCN(C)CC1. The highest BCUT2D eigenvalue weighted by Gasteiger charge is 2.22. The fourth-order valence-corrected chi connectivity index (χ4v) is 2.43. The lowest BCUT2D eigenvalue weighted by Gasteiger charge is -2.34. The Bertz CT molecular complexity index is 183. The van der Waals surface area contributed by atoms with Gasteiger partial charge in [-0.25, -0.2) is 0 Å². The van der Waals surface area contributed by atoms with Crippen LogP contribution in [0.2, 0.25) is 0 Å². The summed E-state index contributed by atoms with van der Waals surface area (Å²) in [4.78, 5) is 2.43. The van der Waals surface area contributed by atoms with Gasteiger partial charge in [-0.15, -0.1) is 6.58 Å². The second-order valence-electron chi connectivity index (χ2n) is 5.02. The van der Waals surface area contributed by atoms with Crippen LogP contribution in [-0.4, -0.2) is 37.1 Å². The highest BCUT2D eigenvalue weighted by atomic mass is 15.1. The van der Waals surface area contributed by atoms with Crippen LogP contribution >= 0.6 is 0 Å². The summed E-state index contributed by atoms with van der Waals surface area (Å²) in [6.45, 7) is 10.9. The van der Waals surface area contributed by atoms with Gasteiger partial charge < -0.3 is 10.2 Å². The van der Waals surface area contributed by atoms with Gasteiger partial charge in [-0.05, 0) is 59.2 Å². The molecule has 88 valence electrons. The fourth-order valence-electron chi connectivity index (χ4n) is 2.43. The molecule has 0 aromatic heterocycles. The van der Waals surface area contributed by atoms with Gasteiger partial charge in [0, 0.05) is 12.1 Å². The number of likely N-dealkylation sites (tertiary alicyclic amines) is 1. The largest absolute Gasteiger partial charge is 0.311 e. The number of hydrogen-bond acceptors (Lipinski definition) is 2. The summed E-state index contributed by atoms with van der Waals surface area (Å²) >= 11 is 0. The molecule has 1 heterocycles. The van der Waals surface area contributed by atoms with Gasteiger partial charge in [-0.2, -0.15) is 0 Å². The van der Waals surface area contributed by atoms with Gasteiger partial charge in [0.15, 0.2) is 0 Å². The van der Waals surface area contributed by atoms with Crippen LogP contribution in [0.5, 0.6) is 0 Å². The third-order valence-corrected chi connectivity index (χ3v) is 3.54. The third-order valence-electron chi connectivity index (χ3n) is 3.54. The Labute approximate surface area is 94.7 Å². The van der Waals surface area contributed by atoms with E-state index in [0.717, 1.165) is 12.3 Å². The van der Waals surface area contributed by atoms with Gasteiger partial charge in [-0.1, -0.05) is 6.08 Å². The third kappa shape index (κ3) is 4.35. The van der Waals surface area contributed by atoms with Crippen molar-refractivity contribution in [3.8, 4) is 0 Å². The van der Waals surface area contributed by atoms with E-state index in [1.54, 1.807) is 0 Å². The minimum absolute atomic E-state index is 0.567. The Morgan fingerprint density at radius 3 is 2.53 bits per heavy atom. The molecule has 2 unspecified atom stereocenters. The molecule has 1 aliphatic heterocycles. The van der Waals surface area contributed by atoms with Crippen molar-refractivity contribution in [2.24, 2.45) is 5.92 Å². The predicted molar refractivity (Wildman–Crippen MR) is 67.1 cm³/mol. The van der Waals surface area contributed by atoms with E-state index in [4.69, 9.17) is 0 Å². The molecule has 0 amide bonds. The minimum Gasteiger partial charge on any atom is -0.311 e. The Morgan fingerprint density at radius 2 is 2.00 bits per heavy atom. The highest BCUT2D eigenvalue weighted by molar-refractivity contribution is 4.82. The smallest absolute Gasteiger partial charge is 0.00757 e. The maximum absolute atomic E-state index is 3.78. The van der Waals surface area contributed by atoms with E-state index in [0.29, 0.717) is 12.1 Å². The lowest BCUT2D eigenvalue weighted by atomic mass is 9.90. The average Bonchev–Trinajstić information content (AvgIpc) is 2.18. The van der Waals surface area contributed by atoms with Crippen LogP contribution in [0.1, 0.15) is 33.1 Å². The van der Waals surface area contributed by atoms with Gasteiger partial charge in [0.05, 0.1) is 0 Å². The van der Waals surface area contributed by atoms with Crippen LogP contribution in [0, 0.1) is 5.92 Å². The van der Waals surface area contributed by atoms with E-state index < -0.39 is 0 Å². The van der Waals surface area contributed by atoms with E-state index in [2.05, 4.69) is 37.7 Å². The number of nitrogens with one attached hydrogen (secondary N) is 1. The molecule has 15 heavy (non-hydrogen) atoms. The van der Waals surface area contributed by atoms with Crippen LogP contribution in [0.15, 0.2) is 12.7 Å². The quantitative estimate of drug-likeness (QED) is 0.700. The number of rotatable bonds is 5. The van der Waals surface area contributed by atoms with Crippen molar-refractivity contribution in [2.45, 2.75) is 45.2 Å². The van der Waals surface area contributed by atoms with E-state index in [1.165, 1.54) is 25.9 Å². The van der Waals surface area contributed by atoms with Crippen molar-refractivity contribution in [1.82, 2.24) is 10.2 Å². The molecule has 1 aliphatic rings. The molecule has 2 atom stereocenters. The summed E-state index contributed by atoms with van der Waals surface area (Å²) < 4.78 is 0. The summed E-state index contributed by atoms with van der Waals surface area (Å²) in [6, 6.07) is 1.21. The monoisotopic (exact) mass is 210 g/mol. The van der Waals surface area contributed by atoms with Gasteiger partial charge >= 0.3 is 0 Å². The fraction of sp³-hybridized carbons (Fsp3) is 0.846. The summed E-state index contributed by atoms with van der Waals surface area (Å²) in [5, 5.41) is 3.68. The van der Waals surface area contributed by atoms with Crippen molar-refractivity contribution in [1.29, 1.82) is 0 Å². The zero-order valence-electron chi connectivity index (χ0n) is 10.5. The van der Waals surface area contributed by atoms with E-state index in [-0.39, 0.29) is 0 Å². The molecular weight excluding hydrogens is 184 g/mol. The molecule has 0 saturated carbocycles. The number of hydrogen-bond donors (Lipinski definition) is 1. The second-order valence-corrected chi connectivity index (χ2v) is 5.02. The Morgan fingerprint density at radius 1 is 1.40 bits per heavy atom. The van der Waals surface area contributed by atoms with Crippen molar-refractivity contribution in [3.63, 3.8) is 0 Å². The normalized spacial score (nSPS) is 23.7. The Balaban J connectivity index is 2.27.